The standard InChI is InChI=1S/C20H17F5N6O4S/c21-12-1-3-15(4-2-12)36(34,35)31-10-13(22)5-16(31)18(33)26-6-11-9-30(29-17(11)32)14-7-27-19(28-8-14)20(23,24)25/h1-4,7-9,13,16H,5-6,10H2,(H,26,33)(H,29,32)/t13-,16+/m1/s1. The Hall–Kier alpha value is -3.66. The number of aromatic hydroxyl groups is 1. The number of benzene rings is 1. The Bertz CT molecular complexity index is 1360. The number of nitrogens with zero attached hydrogens (tertiary/aromatic N) is 5. The minimum Gasteiger partial charge on any atom is -0.492 e. The Balaban J connectivity index is 1.47. The highest BCUT2D eigenvalue weighted by Crippen LogP contribution is 2.29. The van der Waals surface area contributed by atoms with E-state index in [2.05, 4.69) is 20.4 Å². The summed E-state index contributed by atoms with van der Waals surface area (Å²) in [6.07, 6.45) is -3.91. The summed E-state index contributed by atoms with van der Waals surface area (Å²) in [7, 11) is -4.31. The highest BCUT2D eigenvalue weighted by molar-refractivity contribution is 7.89. The van der Waals surface area contributed by atoms with Gasteiger partial charge in [0.05, 0.1) is 22.9 Å². The van der Waals surface area contributed by atoms with E-state index < -0.39 is 64.8 Å². The summed E-state index contributed by atoms with van der Waals surface area (Å²) in [5.74, 6) is -3.46. The summed E-state index contributed by atoms with van der Waals surface area (Å²) in [6.45, 7) is -0.932. The van der Waals surface area contributed by atoms with Gasteiger partial charge in [0.1, 0.15) is 23.7 Å². The highest BCUT2D eigenvalue weighted by atomic mass is 32.2. The first-order chi connectivity index (χ1) is 16.9. The van der Waals surface area contributed by atoms with Crippen LogP contribution in [0.4, 0.5) is 22.0 Å². The molecule has 0 aliphatic carbocycles. The van der Waals surface area contributed by atoms with E-state index in [0.717, 1.165) is 41.3 Å². The molecule has 1 aliphatic heterocycles. The van der Waals surface area contributed by atoms with Crippen molar-refractivity contribution in [3.05, 3.63) is 60.1 Å². The monoisotopic (exact) mass is 532 g/mol. The maximum Gasteiger partial charge on any atom is 0.451 e. The number of carbonyl (C=O) groups excluding carboxylic acids is 1. The Labute approximate surface area is 200 Å². The molecule has 4 rings (SSSR count). The highest BCUT2D eigenvalue weighted by Gasteiger charge is 2.44. The number of carbonyl (C=O) groups is 1. The van der Waals surface area contributed by atoms with Crippen molar-refractivity contribution in [2.24, 2.45) is 0 Å². The fraction of sp³-hybridized carbons (Fsp3) is 0.300. The molecular weight excluding hydrogens is 515 g/mol. The van der Waals surface area contributed by atoms with E-state index in [-0.39, 0.29) is 22.7 Å². The molecule has 3 aromatic rings. The van der Waals surface area contributed by atoms with E-state index in [0.29, 0.717) is 4.31 Å². The molecule has 16 heteroatoms. The minimum atomic E-state index is -4.74. The molecule has 2 atom stereocenters. The van der Waals surface area contributed by atoms with E-state index in [1.54, 1.807) is 0 Å². The molecule has 1 fully saturated rings. The lowest BCUT2D eigenvalue weighted by Crippen LogP contribution is -2.45. The van der Waals surface area contributed by atoms with Crippen LogP contribution in [0.25, 0.3) is 5.69 Å². The summed E-state index contributed by atoms with van der Waals surface area (Å²) in [4.78, 5) is 18.8. The molecule has 0 saturated carbocycles. The fourth-order valence-corrected chi connectivity index (χ4v) is 5.17. The molecule has 1 saturated heterocycles. The lowest BCUT2D eigenvalue weighted by molar-refractivity contribution is -0.145. The molecule has 0 unspecified atom stereocenters. The molecule has 0 bridgehead atoms. The summed E-state index contributed by atoms with van der Waals surface area (Å²) in [5, 5.41) is 16.2. The predicted molar refractivity (Wildman–Crippen MR) is 111 cm³/mol. The minimum absolute atomic E-state index is 0.0106. The van der Waals surface area contributed by atoms with Crippen molar-refractivity contribution in [2.45, 2.75) is 36.3 Å². The molecule has 0 spiro atoms. The molecule has 3 heterocycles. The van der Waals surface area contributed by atoms with Gasteiger partial charge in [-0.25, -0.2) is 31.8 Å². The fourth-order valence-electron chi connectivity index (χ4n) is 3.55. The average Bonchev–Trinajstić information content (AvgIpc) is 3.40. The zero-order valence-corrected chi connectivity index (χ0v) is 18.8. The first-order valence-electron chi connectivity index (χ1n) is 10.2. The van der Waals surface area contributed by atoms with Gasteiger partial charge in [0.2, 0.25) is 27.6 Å². The molecule has 0 radical (unpaired) electrons. The normalized spacial score (nSPS) is 18.9. The van der Waals surface area contributed by atoms with E-state index in [1.807, 2.05) is 0 Å². The van der Waals surface area contributed by atoms with Gasteiger partial charge < -0.3 is 10.4 Å². The lowest BCUT2D eigenvalue weighted by atomic mass is 10.2. The van der Waals surface area contributed by atoms with Crippen molar-refractivity contribution in [3.63, 3.8) is 0 Å². The third kappa shape index (κ3) is 5.13. The van der Waals surface area contributed by atoms with Crippen LogP contribution in [-0.4, -0.2) is 62.2 Å². The predicted octanol–water partition coefficient (Wildman–Crippen LogP) is 1.94. The van der Waals surface area contributed by atoms with Gasteiger partial charge in [-0.05, 0) is 24.3 Å². The summed E-state index contributed by atoms with van der Waals surface area (Å²) in [6, 6.07) is 2.45. The van der Waals surface area contributed by atoms with Crippen LogP contribution in [0.1, 0.15) is 17.8 Å². The van der Waals surface area contributed by atoms with Crippen LogP contribution < -0.4 is 5.32 Å². The average molecular weight is 532 g/mol. The number of rotatable bonds is 6. The van der Waals surface area contributed by atoms with Crippen LogP contribution in [0.15, 0.2) is 47.8 Å². The van der Waals surface area contributed by atoms with Crippen molar-refractivity contribution in [1.82, 2.24) is 29.4 Å². The van der Waals surface area contributed by atoms with Crippen molar-refractivity contribution in [2.75, 3.05) is 6.54 Å². The molecule has 192 valence electrons. The number of halogens is 5. The Morgan fingerprint density at radius 2 is 1.81 bits per heavy atom. The van der Waals surface area contributed by atoms with Crippen LogP contribution in [0.3, 0.4) is 0 Å². The Morgan fingerprint density at radius 3 is 2.42 bits per heavy atom. The SMILES string of the molecule is O=C(NCc1cn(-c2cnc(C(F)(F)F)nc2)nc1O)[C@@H]1C[C@@H](F)CN1S(=O)(=O)c1ccc(F)cc1. The number of hydrogen-bond donors (Lipinski definition) is 2. The van der Waals surface area contributed by atoms with Crippen molar-refractivity contribution in [1.29, 1.82) is 0 Å². The zero-order chi connectivity index (χ0) is 26.3. The molecule has 1 amide bonds. The maximum atomic E-state index is 14.1. The first-order valence-corrected chi connectivity index (χ1v) is 11.7. The number of alkyl halides is 4. The number of hydrogen-bond acceptors (Lipinski definition) is 7. The largest absolute Gasteiger partial charge is 0.492 e. The van der Waals surface area contributed by atoms with Crippen LogP contribution in [0.2, 0.25) is 0 Å². The van der Waals surface area contributed by atoms with Crippen molar-refractivity contribution in [3.8, 4) is 11.6 Å². The second-order valence-electron chi connectivity index (χ2n) is 7.78. The number of amides is 1. The van der Waals surface area contributed by atoms with Gasteiger partial charge in [0.15, 0.2) is 0 Å². The summed E-state index contributed by atoms with van der Waals surface area (Å²) < 4.78 is 92.7. The molecule has 1 aliphatic rings. The lowest BCUT2D eigenvalue weighted by Gasteiger charge is -2.23. The molecule has 2 N–H and O–H groups in total. The van der Waals surface area contributed by atoms with Gasteiger partial charge in [0.25, 0.3) is 0 Å². The maximum absolute atomic E-state index is 14.1. The molecule has 2 aromatic heterocycles. The van der Waals surface area contributed by atoms with Gasteiger partial charge in [-0.2, -0.15) is 17.5 Å². The quantitative estimate of drug-likeness (QED) is 0.464. The topological polar surface area (TPSA) is 130 Å². The second kappa shape index (κ2) is 9.42. The van der Waals surface area contributed by atoms with Gasteiger partial charge in [-0.3, -0.25) is 4.79 Å². The van der Waals surface area contributed by atoms with E-state index in [9.17, 15) is 40.3 Å². The Kier molecular flexibility index (Phi) is 6.66. The van der Waals surface area contributed by atoms with Crippen molar-refractivity contribution >= 4 is 15.9 Å². The van der Waals surface area contributed by atoms with E-state index in [4.69, 9.17) is 0 Å². The zero-order valence-electron chi connectivity index (χ0n) is 18.0. The number of sulfonamides is 1. The third-order valence-corrected chi connectivity index (χ3v) is 7.19. The van der Waals surface area contributed by atoms with Crippen molar-refractivity contribution < 1.29 is 40.3 Å². The number of aromatic nitrogens is 4. The smallest absolute Gasteiger partial charge is 0.451 e. The van der Waals surface area contributed by atoms with Gasteiger partial charge >= 0.3 is 6.18 Å². The van der Waals surface area contributed by atoms with Crippen LogP contribution >= 0.6 is 0 Å². The molecular formula is C20H17F5N6O4S. The van der Waals surface area contributed by atoms with Gasteiger partial charge in [0, 0.05) is 25.7 Å². The second-order valence-corrected chi connectivity index (χ2v) is 9.67. The molecule has 1 aromatic carbocycles. The molecule has 10 nitrogen and oxygen atoms in total. The summed E-state index contributed by atoms with van der Waals surface area (Å²) >= 11 is 0. The van der Waals surface area contributed by atoms with Crippen LogP contribution in [0, 0.1) is 5.82 Å². The van der Waals surface area contributed by atoms with Crippen LogP contribution in [-0.2, 0) is 27.5 Å². The van der Waals surface area contributed by atoms with E-state index in [1.165, 1.54) is 6.20 Å². The molecule has 36 heavy (non-hydrogen) atoms. The van der Waals surface area contributed by atoms with Gasteiger partial charge in [-0.15, -0.1) is 5.10 Å². The van der Waals surface area contributed by atoms with E-state index >= 15 is 0 Å². The van der Waals surface area contributed by atoms with Crippen LogP contribution in [0.5, 0.6) is 5.88 Å². The van der Waals surface area contributed by atoms with Gasteiger partial charge in [-0.1, -0.05) is 0 Å². The third-order valence-electron chi connectivity index (χ3n) is 5.30. The number of nitrogens with one attached hydrogen (secondary N) is 1. The Morgan fingerprint density at radius 1 is 1.17 bits per heavy atom. The first kappa shape index (κ1) is 25.4. The summed E-state index contributed by atoms with van der Waals surface area (Å²) in [5.41, 5.74) is 0.0227.